The van der Waals surface area contributed by atoms with Crippen molar-refractivity contribution >= 4 is 11.6 Å². The van der Waals surface area contributed by atoms with Crippen LogP contribution in [-0.4, -0.2) is 34.0 Å². The predicted molar refractivity (Wildman–Crippen MR) is 88.9 cm³/mol. The van der Waals surface area contributed by atoms with Crippen LogP contribution in [0.4, 0.5) is 0 Å². The van der Waals surface area contributed by atoms with Gasteiger partial charge in [0, 0.05) is 11.8 Å². The van der Waals surface area contributed by atoms with Crippen LogP contribution in [0.1, 0.15) is 39.5 Å². The van der Waals surface area contributed by atoms with Crippen LogP contribution in [0.3, 0.4) is 0 Å². The summed E-state index contributed by atoms with van der Waals surface area (Å²) in [5.41, 5.74) is -0.997. The Balaban J connectivity index is 1.89. The van der Waals surface area contributed by atoms with E-state index in [0.29, 0.717) is 12.0 Å². The van der Waals surface area contributed by atoms with E-state index in [0.717, 1.165) is 19.3 Å². The molecular formula is C20H26O4. The Bertz CT molecular complexity index is 665. The number of aliphatic hydroxyl groups is 2. The molecule has 4 aliphatic rings. The molecule has 4 aliphatic carbocycles. The summed E-state index contributed by atoms with van der Waals surface area (Å²) in [6, 6.07) is 0. The summed E-state index contributed by atoms with van der Waals surface area (Å²) in [7, 11) is 0. The number of aliphatic hydroxyl groups excluding tert-OH is 2. The second-order valence-corrected chi connectivity index (χ2v) is 8.44. The summed E-state index contributed by atoms with van der Waals surface area (Å²) in [5.74, 6) is -0.472. The molecular weight excluding hydrogens is 304 g/mol. The second kappa shape index (κ2) is 4.89. The molecule has 4 nitrogen and oxygen atoms in total. The molecule has 2 N–H and O–H groups in total. The molecule has 2 bridgehead atoms. The third-order valence-corrected chi connectivity index (χ3v) is 7.82. The van der Waals surface area contributed by atoms with E-state index in [-0.39, 0.29) is 40.7 Å². The molecule has 4 heteroatoms. The molecule has 3 saturated carbocycles. The molecule has 0 aromatic heterocycles. The van der Waals surface area contributed by atoms with Gasteiger partial charge in [0.1, 0.15) is 0 Å². The highest BCUT2D eigenvalue weighted by atomic mass is 16.3. The van der Waals surface area contributed by atoms with E-state index in [1.165, 1.54) is 0 Å². The van der Waals surface area contributed by atoms with Gasteiger partial charge in [0.25, 0.3) is 0 Å². The molecule has 0 saturated heterocycles. The van der Waals surface area contributed by atoms with Crippen molar-refractivity contribution in [2.75, 3.05) is 0 Å². The minimum atomic E-state index is -1.13. The van der Waals surface area contributed by atoms with E-state index < -0.39 is 17.6 Å². The number of carbonyl (C=O) groups is 2. The fraction of sp³-hybridized carbons (Fsp3) is 0.700. The quantitative estimate of drug-likeness (QED) is 0.722. The SMILES string of the molecule is C=C1C(=O)[C@]23C(O)[C@H]1CC[C@H]2[C@]1(C)C=CC(=O)C(CC)[C@H]1C[C@H]3O. The lowest BCUT2D eigenvalue weighted by molar-refractivity contribution is -0.199. The number of Topliss-reactive ketones (excluding diaryl/α,β-unsaturated/α-hetero) is 1. The predicted octanol–water partition coefficient (Wildman–Crippen LogP) is 2.05. The van der Waals surface area contributed by atoms with Gasteiger partial charge in [-0.3, -0.25) is 9.59 Å². The van der Waals surface area contributed by atoms with E-state index in [9.17, 15) is 19.8 Å². The van der Waals surface area contributed by atoms with Gasteiger partial charge in [-0.05, 0) is 54.6 Å². The van der Waals surface area contributed by atoms with Crippen LogP contribution in [0.2, 0.25) is 0 Å². The summed E-state index contributed by atoms with van der Waals surface area (Å²) in [6.45, 7) is 8.05. The van der Waals surface area contributed by atoms with Gasteiger partial charge in [0.2, 0.25) is 0 Å². The molecule has 24 heavy (non-hydrogen) atoms. The molecule has 8 atom stereocenters. The van der Waals surface area contributed by atoms with Gasteiger partial charge in [0.05, 0.1) is 17.6 Å². The topological polar surface area (TPSA) is 74.6 Å². The smallest absolute Gasteiger partial charge is 0.170 e. The van der Waals surface area contributed by atoms with Crippen molar-refractivity contribution in [1.82, 2.24) is 0 Å². The third-order valence-electron chi connectivity index (χ3n) is 7.82. The normalized spacial score (nSPS) is 53.1. The van der Waals surface area contributed by atoms with Crippen LogP contribution in [-0.2, 0) is 9.59 Å². The molecule has 0 aliphatic heterocycles. The molecule has 1 spiro atoms. The summed E-state index contributed by atoms with van der Waals surface area (Å²) in [5, 5.41) is 22.0. The fourth-order valence-electron chi connectivity index (χ4n) is 6.65. The second-order valence-electron chi connectivity index (χ2n) is 8.44. The minimum absolute atomic E-state index is 0.0241. The van der Waals surface area contributed by atoms with E-state index in [4.69, 9.17) is 0 Å². The number of hydrogen-bond donors (Lipinski definition) is 2. The summed E-state index contributed by atoms with van der Waals surface area (Å²) < 4.78 is 0. The van der Waals surface area contributed by atoms with Gasteiger partial charge in [0.15, 0.2) is 11.6 Å². The molecule has 0 heterocycles. The van der Waals surface area contributed by atoms with Crippen molar-refractivity contribution in [2.24, 2.45) is 34.5 Å². The minimum Gasteiger partial charge on any atom is -0.392 e. The largest absolute Gasteiger partial charge is 0.392 e. The number of hydrogen-bond acceptors (Lipinski definition) is 4. The van der Waals surface area contributed by atoms with Crippen molar-refractivity contribution in [3.63, 3.8) is 0 Å². The summed E-state index contributed by atoms with van der Waals surface area (Å²) in [6.07, 6.45) is 4.52. The van der Waals surface area contributed by atoms with Crippen molar-refractivity contribution in [3.05, 3.63) is 24.3 Å². The van der Waals surface area contributed by atoms with Crippen molar-refractivity contribution in [1.29, 1.82) is 0 Å². The zero-order valence-corrected chi connectivity index (χ0v) is 14.4. The van der Waals surface area contributed by atoms with Gasteiger partial charge in [-0.1, -0.05) is 26.5 Å². The molecule has 130 valence electrons. The highest BCUT2D eigenvalue weighted by molar-refractivity contribution is 6.04. The number of allylic oxidation sites excluding steroid dienone is 2. The van der Waals surface area contributed by atoms with Crippen molar-refractivity contribution < 1.29 is 19.8 Å². The monoisotopic (exact) mass is 330 g/mol. The molecule has 3 fully saturated rings. The van der Waals surface area contributed by atoms with Gasteiger partial charge in [-0.25, -0.2) is 0 Å². The Labute approximate surface area is 142 Å². The number of fused-ring (bicyclic) bond motifs is 3. The third kappa shape index (κ3) is 1.57. The Hall–Kier alpha value is -1.26. The van der Waals surface area contributed by atoms with Gasteiger partial charge in [-0.2, -0.15) is 0 Å². The standard InChI is InChI=1S/C20H26O4/c1-4-11-13-9-16(22)20-15(19(13,3)8-7-14(11)21)6-5-12(18(20)24)10(2)17(20)23/h7-8,11-13,15-16,18,22,24H,2,4-6,9H2,1,3H3/t11?,12-,13+,15-,16+,18?,19+,20-/m0/s1. The van der Waals surface area contributed by atoms with Crippen LogP contribution in [0, 0.1) is 34.5 Å². The lowest BCUT2D eigenvalue weighted by Crippen LogP contribution is -2.65. The van der Waals surface area contributed by atoms with Gasteiger partial charge >= 0.3 is 0 Å². The van der Waals surface area contributed by atoms with E-state index in [1.807, 2.05) is 13.0 Å². The summed E-state index contributed by atoms with van der Waals surface area (Å²) in [4.78, 5) is 25.4. The van der Waals surface area contributed by atoms with Crippen LogP contribution in [0.5, 0.6) is 0 Å². The van der Waals surface area contributed by atoms with Gasteiger partial charge < -0.3 is 10.2 Å². The fourth-order valence-corrected chi connectivity index (χ4v) is 6.65. The van der Waals surface area contributed by atoms with E-state index >= 15 is 0 Å². The van der Waals surface area contributed by atoms with Crippen LogP contribution in [0.25, 0.3) is 0 Å². The first-order valence-electron chi connectivity index (χ1n) is 9.12. The van der Waals surface area contributed by atoms with Gasteiger partial charge in [-0.15, -0.1) is 0 Å². The first-order valence-corrected chi connectivity index (χ1v) is 9.12. The average molecular weight is 330 g/mol. The highest BCUT2D eigenvalue weighted by Gasteiger charge is 2.72. The Morgan fingerprint density at radius 3 is 2.67 bits per heavy atom. The maximum atomic E-state index is 13.1. The lowest BCUT2D eigenvalue weighted by atomic mass is 9.43. The zero-order chi connectivity index (χ0) is 17.4. The van der Waals surface area contributed by atoms with E-state index in [1.54, 1.807) is 6.08 Å². The van der Waals surface area contributed by atoms with E-state index in [2.05, 4.69) is 13.5 Å². The first kappa shape index (κ1) is 16.2. The number of ketones is 2. The molecule has 0 aromatic carbocycles. The first-order chi connectivity index (χ1) is 11.3. The van der Waals surface area contributed by atoms with Crippen LogP contribution < -0.4 is 0 Å². The average Bonchev–Trinajstić information content (AvgIpc) is 2.66. The van der Waals surface area contributed by atoms with Crippen molar-refractivity contribution in [3.8, 4) is 0 Å². The Morgan fingerprint density at radius 1 is 1.29 bits per heavy atom. The maximum absolute atomic E-state index is 13.1. The molecule has 0 amide bonds. The number of rotatable bonds is 1. The summed E-state index contributed by atoms with van der Waals surface area (Å²) >= 11 is 0. The lowest BCUT2D eigenvalue weighted by Gasteiger charge is -2.61. The molecule has 2 unspecified atom stereocenters. The highest BCUT2D eigenvalue weighted by Crippen LogP contribution is 2.68. The number of carbonyl (C=O) groups excluding carboxylic acids is 2. The molecule has 0 radical (unpaired) electrons. The van der Waals surface area contributed by atoms with Crippen LogP contribution in [0.15, 0.2) is 24.3 Å². The Morgan fingerprint density at radius 2 is 2.00 bits per heavy atom. The maximum Gasteiger partial charge on any atom is 0.170 e. The molecule has 0 aromatic rings. The van der Waals surface area contributed by atoms with Crippen LogP contribution >= 0.6 is 0 Å². The Kier molecular flexibility index (Phi) is 3.30. The zero-order valence-electron chi connectivity index (χ0n) is 14.4. The molecule has 4 rings (SSSR count). The van der Waals surface area contributed by atoms with Crippen molar-refractivity contribution in [2.45, 2.75) is 51.7 Å².